The normalized spacial score (nSPS) is 16.9. The third-order valence-corrected chi connectivity index (χ3v) is 5.14. The number of nitrogens with one attached hydrogen (secondary N) is 2. The van der Waals surface area contributed by atoms with Gasteiger partial charge in [-0.1, -0.05) is 42.1 Å². The lowest BCUT2D eigenvalue weighted by Gasteiger charge is -2.12. The van der Waals surface area contributed by atoms with Crippen LogP contribution in [0.2, 0.25) is 0 Å². The van der Waals surface area contributed by atoms with Gasteiger partial charge in [-0.15, -0.1) is 0 Å². The predicted molar refractivity (Wildman–Crippen MR) is 108 cm³/mol. The van der Waals surface area contributed by atoms with Crippen LogP contribution in [0.25, 0.3) is 0 Å². The van der Waals surface area contributed by atoms with Gasteiger partial charge in [0, 0.05) is 18.7 Å². The third-order valence-electron chi connectivity index (χ3n) is 4.02. The highest BCUT2D eigenvalue weighted by molar-refractivity contribution is 8.15. The summed E-state index contributed by atoms with van der Waals surface area (Å²) in [5.41, 5.74) is 2.04. The average Bonchev–Trinajstić information content (AvgIpc) is 3.00. The molecule has 0 aromatic heterocycles. The minimum Gasteiger partial charge on any atom is -0.497 e. The van der Waals surface area contributed by atoms with E-state index in [1.54, 1.807) is 7.11 Å². The summed E-state index contributed by atoms with van der Waals surface area (Å²) in [6, 6.07) is 17.5. The molecule has 1 heterocycles. The largest absolute Gasteiger partial charge is 0.497 e. The highest BCUT2D eigenvalue weighted by Gasteiger charge is 2.32. The Bertz CT molecular complexity index is 822. The molecule has 2 aromatic carbocycles. The number of aliphatic imine (C=N–C) groups is 1. The Morgan fingerprint density at radius 2 is 1.93 bits per heavy atom. The van der Waals surface area contributed by atoms with Gasteiger partial charge in [0.2, 0.25) is 11.8 Å². The molecule has 0 unspecified atom stereocenters. The topological polar surface area (TPSA) is 79.8 Å². The van der Waals surface area contributed by atoms with E-state index in [9.17, 15) is 9.59 Å². The monoisotopic (exact) mass is 383 g/mol. The average molecular weight is 383 g/mol. The first-order valence-corrected chi connectivity index (χ1v) is 9.52. The maximum atomic E-state index is 11.9. The van der Waals surface area contributed by atoms with Gasteiger partial charge in [-0.2, -0.15) is 0 Å². The second-order valence-electron chi connectivity index (χ2n) is 6.00. The van der Waals surface area contributed by atoms with Crippen LogP contribution >= 0.6 is 11.8 Å². The van der Waals surface area contributed by atoms with E-state index in [4.69, 9.17) is 4.74 Å². The van der Waals surface area contributed by atoms with Crippen LogP contribution in [0, 0.1) is 0 Å². The number of hydrogen-bond donors (Lipinski definition) is 2. The molecule has 0 radical (unpaired) electrons. The Balaban J connectivity index is 1.66. The Morgan fingerprint density at radius 3 is 2.56 bits per heavy atom. The molecule has 6 nitrogen and oxygen atoms in total. The van der Waals surface area contributed by atoms with E-state index in [1.807, 2.05) is 54.6 Å². The summed E-state index contributed by atoms with van der Waals surface area (Å²) in [7, 11) is 1.64. The Labute approximate surface area is 162 Å². The zero-order valence-electron chi connectivity index (χ0n) is 15.0. The molecule has 140 valence electrons. The number of carbonyl (C=O) groups is 2. The molecule has 27 heavy (non-hydrogen) atoms. The number of para-hydroxylation sites is 1. The van der Waals surface area contributed by atoms with Crippen molar-refractivity contribution < 1.29 is 14.3 Å². The molecule has 7 heteroatoms. The van der Waals surface area contributed by atoms with Crippen LogP contribution in [0.15, 0.2) is 59.6 Å². The fraction of sp³-hybridized carbons (Fsp3) is 0.250. The van der Waals surface area contributed by atoms with E-state index < -0.39 is 5.25 Å². The van der Waals surface area contributed by atoms with Gasteiger partial charge in [0.1, 0.15) is 11.0 Å². The quantitative estimate of drug-likeness (QED) is 0.456. The summed E-state index contributed by atoms with van der Waals surface area (Å²) in [6.45, 7) is 0.566. The lowest BCUT2D eigenvalue weighted by Crippen LogP contribution is -2.25. The molecule has 1 aliphatic heterocycles. The van der Waals surface area contributed by atoms with Crippen LogP contribution in [-0.2, 0) is 16.0 Å². The number of ether oxygens (including phenoxy) is 1. The number of amidine groups is 1. The summed E-state index contributed by atoms with van der Waals surface area (Å²) in [6.07, 6.45) is 0.942. The highest BCUT2D eigenvalue weighted by atomic mass is 32.2. The molecular formula is C20H21N3O3S. The lowest BCUT2D eigenvalue weighted by molar-refractivity contribution is -0.124. The second-order valence-corrected chi connectivity index (χ2v) is 7.19. The number of anilines is 1. The standard InChI is InChI=1S/C20H21N3O3S/c1-26-16-9-7-14(8-10-16)11-12-21-20(22-15-5-3-2-4-6-15)27-17-13-18(24)23-19(17)25/h2-10,17H,11-13H2,1H3,(H,21,22)(H,23,24,25)/t17-/m1/s1. The van der Waals surface area contributed by atoms with Gasteiger partial charge in [0.15, 0.2) is 5.17 Å². The van der Waals surface area contributed by atoms with Crippen molar-refractivity contribution in [1.29, 1.82) is 0 Å². The SMILES string of the molecule is COc1ccc(CCN=C(Nc2ccccc2)S[C@@H]2CC(=O)NC2=O)cc1. The third kappa shape index (κ3) is 5.59. The van der Waals surface area contributed by atoms with Crippen molar-refractivity contribution in [3.63, 3.8) is 0 Å². The van der Waals surface area contributed by atoms with Gasteiger partial charge >= 0.3 is 0 Å². The Morgan fingerprint density at radius 1 is 1.19 bits per heavy atom. The molecule has 0 aliphatic carbocycles. The number of benzene rings is 2. The fourth-order valence-electron chi connectivity index (χ4n) is 2.59. The van der Waals surface area contributed by atoms with Crippen molar-refractivity contribution in [3.8, 4) is 5.75 Å². The molecule has 1 aliphatic rings. The molecule has 1 saturated heterocycles. The van der Waals surface area contributed by atoms with Gasteiger partial charge in [0.25, 0.3) is 0 Å². The molecule has 0 spiro atoms. The minimum absolute atomic E-state index is 0.178. The van der Waals surface area contributed by atoms with Crippen molar-refractivity contribution in [2.45, 2.75) is 18.1 Å². The van der Waals surface area contributed by atoms with Crippen molar-refractivity contribution in [3.05, 3.63) is 60.2 Å². The summed E-state index contributed by atoms with van der Waals surface area (Å²) in [5, 5.41) is 5.76. The van der Waals surface area contributed by atoms with Gasteiger partial charge in [0.05, 0.1) is 7.11 Å². The summed E-state index contributed by atoms with van der Waals surface area (Å²) >= 11 is 1.29. The van der Waals surface area contributed by atoms with Crippen LogP contribution in [-0.4, -0.2) is 35.9 Å². The number of amides is 2. The lowest BCUT2D eigenvalue weighted by atomic mass is 10.1. The van der Waals surface area contributed by atoms with Gasteiger partial charge < -0.3 is 10.1 Å². The summed E-state index contributed by atoms with van der Waals surface area (Å²) < 4.78 is 5.17. The first-order chi connectivity index (χ1) is 13.1. The zero-order valence-corrected chi connectivity index (χ0v) is 15.8. The van der Waals surface area contributed by atoms with Crippen LogP contribution < -0.4 is 15.4 Å². The molecule has 1 fully saturated rings. The molecule has 2 amide bonds. The van der Waals surface area contributed by atoms with Crippen molar-refractivity contribution in [2.75, 3.05) is 19.0 Å². The second kappa shape index (κ2) is 9.23. The molecule has 2 N–H and O–H groups in total. The number of nitrogens with zero attached hydrogens (tertiary/aromatic N) is 1. The number of hydrogen-bond acceptors (Lipinski definition) is 5. The number of thioether (sulfide) groups is 1. The Kier molecular flexibility index (Phi) is 6.49. The fourth-order valence-corrected chi connectivity index (χ4v) is 3.60. The Hall–Kier alpha value is -2.80. The van der Waals surface area contributed by atoms with E-state index in [1.165, 1.54) is 11.8 Å². The van der Waals surface area contributed by atoms with E-state index in [0.717, 1.165) is 23.4 Å². The smallest absolute Gasteiger partial charge is 0.240 e. The van der Waals surface area contributed by atoms with Crippen LogP contribution in [0.1, 0.15) is 12.0 Å². The molecule has 2 aromatic rings. The summed E-state index contributed by atoms with van der Waals surface area (Å²) in [5.74, 6) is 0.318. The van der Waals surface area contributed by atoms with Crippen molar-refractivity contribution >= 4 is 34.4 Å². The van der Waals surface area contributed by atoms with E-state index in [-0.39, 0.29) is 18.2 Å². The maximum Gasteiger partial charge on any atom is 0.240 e. The van der Waals surface area contributed by atoms with E-state index in [0.29, 0.717) is 11.7 Å². The van der Waals surface area contributed by atoms with Crippen LogP contribution in [0.5, 0.6) is 5.75 Å². The highest BCUT2D eigenvalue weighted by Crippen LogP contribution is 2.22. The molecule has 0 bridgehead atoms. The van der Waals surface area contributed by atoms with Crippen LogP contribution in [0.4, 0.5) is 5.69 Å². The molecule has 3 rings (SSSR count). The van der Waals surface area contributed by atoms with E-state index >= 15 is 0 Å². The van der Waals surface area contributed by atoms with E-state index in [2.05, 4.69) is 15.6 Å². The molecule has 1 atom stereocenters. The molecular weight excluding hydrogens is 362 g/mol. The minimum atomic E-state index is -0.451. The van der Waals surface area contributed by atoms with Crippen LogP contribution in [0.3, 0.4) is 0 Å². The summed E-state index contributed by atoms with van der Waals surface area (Å²) in [4.78, 5) is 27.9. The maximum absolute atomic E-state index is 11.9. The molecule has 0 saturated carbocycles. The predicted octanol–water partition coefficient (Wildman–Crippen LogP) is 2.85. The zero-order chi connectivity index (χ0) is 19.1. The number of rotatable bonds is 6. The first kappa shape index (κ1) is 19.0. The van der Waals surface area contributed by atoms with Gasteiger partial charge in [-0.25, -0.2) is 0 Å². The van der Waals surface area contributed by atoms with Crippen molar-refractivity contribution in [2.24, 2.45) is 4.99 Å². The van der Waals surface area contributed by atoms with Crippen molar-refractivity contribution in [1.82, 2.24) is 5.32 Å². The van der Waals surface area contributed by atoms with Gasteiger partial charge in [-0.3, -0.25) is 19.9 Å². The van der Waals surface area contributed by atoms with Gasteiger partial charge in [-0.05, 0) is 36.2 Å². The first-order valence-electron chi connectivity index (χ1n) is 8.64. The number of carbonyl (C=O) groups excluding carboxylic acids is 2. The number of imide groups is 1. The number of methoxy groups -OCH3 is 1.